The normalized spacial score (nSPS) is 11.3. The highest BCUT2D eigenvalue weighted by molar-refractivity contribution is 7.89. The molecule has 1 aromatic carbocycles. The van der Waals surface area contributed by atoms with Gasteiger partial charge in [0.15, 0.2) is 0 Å². The maximum absolute atomic E-state index is 12.8. The van der Waals surface area contributed by atoms with E-state index in [-0.39, 0.29) is 16.5 Å². The Bertz CT molecular complexity index is 537. The summed E-state index contributed by atoms with van der Waals surface area (Å²) in [5.41, 5.74) is 0. The molecule has 1 rings (SSSR count). The Morgan fingerprint density at radius 2 is 1.95 bits per heavy atom. The van der Waals surface area contributed by atoms with Crippen LogP contribution < -0.4 is 10.0 Å². The summed E-state index contributed by atoms with van der Waals surface area (Å²) in [5.74, 6) is -0.594. The van der Waals surface area contributed by atoms with Gasteiger partial charge in [-0.05, 0) is 31.0 Å². The lowest BCUT2D eigenvalue weighted by Crippen LogP contribution is -2.25. The topological polar surface area (TPSA) is 75.3 Å². The van der Waals surface area contributed by atoms with Gasteiger partial charge in [-0.25, -0.2) is 17.5 Å². The van der Waals surface area contributed by atoms with Crippen molar-refractivity contribution < 1.29 is 17.6 Å². The summed E-state index contributed by atoms with van der Waals surface area (Å²) in [4.78, 5) is 9.83. The highest BCUT2D eigenvalue weighted by Gasteiger charge is 2.17. The predicted molar refractivity (Wildman–Crippen MR) is 69.9 cm³/mol. The molecule has 2 N–H and O–H groups in total. The van der Waals surface area contributed by atoms with Crippen LogP contribution in [0.1, 0.15) is 12.8 Å². The molecule has 0 fully saturated rings. The molecule has 0 heterocycles. The molecule has 5 nitrogen and oxygen atoms in total. The van der Waals surface area contributed by atoms with Crippen LogP contribution >= 0.6 is 11.6 Å². The fraction of sp³-hybridized carbons (Fsp3) is 0.364. The number of benzene rings is 1. The van der Waals surface area contributed by atoms with Crippen molar-refractivity contribution in [2.45, 2.75) is 17.7 Å². The van der Waals surface area contributed by atoms with Gasteiger partial charge in [0.1, 0.15) is 10.7 Å². The summed E-state index contributed by atoms with van der Waals surface area (Å²) in [7, 11) is -3.74. The zero-order chi connectivity index (χ0) is 14.3. The SMILES string of the molecule is O=CNCCCCNS(=O)(=O)c1ccc(F)cc1Cl. The third-order valence-corrected chi connectivity index (χ3v) is 4.25. The summed E-state index contributed by atoms with van der Waals surface area (Å²) in [6, 6.07) is 3.10. The van der Waals surface area contributed by atoms with Gasteiger partial charge >= 0.3 is 0 Å². The quantitative estimate of drug-likeness (QED) is 0.561. The first-order valence-electron chi connectivity index (χ1n) is 5.59. The number of sulfonamides is 1. The lowest BCUT2D eigenvalue weighted by molar-refractivity contribution is -0.109. The van der Waals surface area contributed by atoms with Gasteiger partial charge in [0, 0.05) is 13.1 Å². The number of amides is 1. The minimum Gasteiger partial charge on any atom is -0.359 e. The number of carbonyl (C=O) groups excluding carboxylic acids is 1. The van der Waals surface area contributed by atoms with Crippen LogP contribution in [-0.2, 0) is 14.8 Å². The van der Waals surface area contributed by atoms with E-state index in [1.807, 2.05) is 0 Å². The molecule has 0 aliphatic carbocycles. The van der Waals surface area contributed by atoms with Gasteiger partial charge in [0.2, 0.25) is 16.4 Å². The fourth-order valence-corrected chi connectivity index (χ4v) is 2.99. The minimum atomic E-state index is -3.74. The highest BCUT2D eigenvalue weighted by atomic mass is 35.5. The first-order valence-corrected chi connectivity index (χ1v) is 7.45. The van der Waals surface area contributed by atoms with Crippen molar-refractivity contribution in [3.05, 3.63) is 29.0 Å². The zero-order valence-electron chi connectivity index (χ0n) is 10.0. The van der Waals surface area contributed by atoms with Crippen LogP contribution in [0.5, 0.6) is 0 Å². The second-order valence-corrected chi connectivity index (χ2v) is 5.89. The Morgan fingerprint density at radius 3 is 2.58 bits per heavy atom. The molecular formula is C11H14ClFN2O3S. The predicted octanol–water partition coefficient (Wildman–Crippen LogP) is 1.28. The van der Waals surface area contributed by atoms with Crippen LogP contribution in [0.25, 0.3) is 0 Å². The molecule has 0 saturated carbocycles. The zero-order valence-corrected chi connectivity index (χ0v) is 11.6. The van der Waals surface area contributed by atoms with Crippen LogP contribution in [0.4, 0.5) is 4.39 Å². The molecule has 0 saturated heterocycles. The van der Waals surface area contributed by atoms with E-state index in [1.165, 1.54) is 0 Å². The van der Waals surface area contributed by atoms with Crippen LogP contribution in [0.3, 0.4) is 0 Å². The van der Waals surface area contributed by atoms with Crippen molar-refractivity contribution in [2.75, 3.05) is 13.1 Å². The van der Waals surface area contributed by atoms with Crippen molar-refractivity contribution >= 4 is 28.0 Å². The third kappa shape index (κ3) is 5.14. The monoisotopic (exact) mass is 308 g/mol. The van der Waals surface area contributed by atoms with Gasteiger partial charge < -0.3 is 5.32 Å². The summed E-state index contributed by atoms with van der Waals surface area (Å²) in [6.07, 6.45) is 1.81. The summed E-state index contributed by atoms with van der Waals surface area (Å²) >= 11 is 5.69. The molecule has 0 atom stereocenters. The molecule has 0 aliphatic heterocycles. The molecular weight excluding hydrogens is 295 g/mol. The minimum absolute atomic E-state index is 0.151. The Kier molecular flexibility index (Phi) is 6.20. The molecule has 1 amide bonds. The summed E-state index contributed by atoms with van der Waals surface area (Å²) < 4.78 is 38.9. The van der Waals surface area contributed by atoms with E-state index in [0.717, 1.165) is 18.2 Å². The van der Waals surface area contributed by atoms with E-state index in [2.05, 4.69) is 10.0 Å². The number of halogens is 2. The Labute approximate surface area is 116 Å². The molecule has 8 heteroatoms. The molecule has 0 unspecified atom stereocenters. The van der Waals surface area contributed by atoms with Crippen molar-refractivity contribution in [2.24, 2.45) is 0 Å². The van der Waals surface area contributed by atoms with E-state index < -0.39 is 15.8 Å². The van der Waals surface area contributed by atoms with Crippen LogP contribution in [0.15, 0.2) is 23.1 Å². The van der Waals surface area contributed by atoms with Crippen molar-refractivity contribution in [1.29, 1.82) is 0 Å². The number of hydrogen-bond donors (Lipinski definition) is 2. The molecule has 106 valence electrons. The van der Waals surface area contributed by atoms with E-state index >= 15 is 0 Å². The van der Waals surface area contributed by atoms with Crippen LogP contribution in [-0.4, -0.2) is 27.9 Å². The van der Waals surface area contributed by atoms with Crippen LogP contribution in [0.2, 0.25) is 5.02 Å². The molecule has 0 bridgehead atoms. The number of nitrogens with one attached hydrogen (secondary N) is 2. The number of rotatable bonds is 8. The van der Waals surface area contributed by atoms with Gasteiger partial charge in [-0.1, -0.05) is 11.6 Å². The first-order chi connectivity index (χ1) is 8.97. The second kappa shape index (κ2) is 7.42. The molecule has 1 aromatic rings. The number of carbonyl (C=O) groups is 1. The largest absolute Gasteiger partial charge is 0.359 e. The Morgan fingerprint density at radius 1 is 1.26 bits per heavy atom. The maximum atomic E-state index is 12.8. The number of hydrogen-bond acceptors (Lipinski definition) is 3. The van der Waals surface area contributed by atoms with Gasteiger partial charge in [-0.15, -0.1) is 0 Å². The second-order valence-electron chi connectivity index (χ2n) is 3.75. The average molecular weight is 309 g/mol. The van der Waals surface area contributed by atoms with E-state index in [9.17, 15) is 17.6 Å². The third-order valence-electron chi connectivity index (χ3n) is 2.31. The lowest BCUT2D eigenvalue weighted by atomic mass is 10.3. The Hall–Kier alpha value is -1.18. The average Bonchev–Trinajstić information content (AvgIpc) is 2.33. The van der Waals surface area contributed by atoms with E-state index in [4.69, 9.17) is 11.6 Å². The summed E-state index contributed by atoms with van der Waals surface area (Å²) in [5, 5.41) is 2.32. The molecule has 0 aliphatic rings. The van der Waals surface area contributed by atoms with E-state index in [1.54, 1.807) is 0 Å². The standard InChI is InChI=1S/C11H14ClFN2O3S/c12-10-7-9(13)3-4-11(10)19(17,18)15-6-2-1-5-14-8-16/h3-4,7-8,15H,1-2,5-6H2,(H,14,16). The lowest BCUT2D eigenvalue weighted by Gasteiger charge is -2.08. The number of unbranched alkanes of at least 4 members (excludes halogenated alkanes) is 1. The van der Waals surface area contributed by atoms with Crippen molar-refractivity contribution in [3.8, 4) is 0 Å². The van der Waals surface area contributed by atoms with E-state index in [0.29, 0.717) is 25.8 Å². The van der Waals surface area contributed by atoms with Gasteiger partial charge in [0.25, 0.3) is 0 Å². The maximum Gasteiger partial charge on any atom is 0.242 e. The first kappa shape index (κ1) is 15.9. The molecule has 0 aromatic heterocycles. The van der Waals surface area contributed by atoms with Crippen LogP contribution in [0, 0.1) is 5.82 Å². The highest BCUT2D eigenvalue weighted by Crippen LogP contribution is 2.21. The molecule has 19 heavy (non-hydrogen) atoms. The smallest absolute Gasteiger partial charge is 0.242 e. The van der Waals surface area contributed by atoms with Crippen molar-refractivity contribution in [1.82, 2.24) is 10.0 Å². The van der Waals surface area contributed by atoms with Gasteiger partial charge in [0.05, 0.1) is 5.02 Å². The fourth-order valence-electron chi connectivity index (χ4n) is 1.39. The summed E-state index contributed by atoms with van der Waals surface area (Å²) in [6.45, 7) is 0.707. The Balaban J connectivity index is 2.54. The molecule has 0 spiro atoms. The molecule has 0 radical (unpaired) electrons. The van der Waals surface area contributed by atoms with Gasteiger partial charge in [-0.3, -0.25) is 4.79 Å². The van der Waals surface area contributed by atoms with Crippen molar-refractivity contribution in [3.63, 3.8) is 0 Å². The van der Waals surface area contributed by atoms with Gasteiger partial charge in [-0.2, -0.15) is 0 Å².